The summed E-state index contributed by atoms with van der Waals surface area (Å²) in [5.41, 5.74) is -0.326. The van der Waals surface area contributed by atoms with E-state index >= 15 is 0 Å². The van der Waals surface area contributed by atoms with Gasteiger partial charge < -0.3 is 25.6 Å². The van der Waals surface area contributed by atoms with E-state index in [1.165, 1.54) is 4.90 Å². The zero-order valence-corrected chi connectivity index (χ0v) is 16.9. The van der Waals surface area contributed by atoms with Crippen LogP contribution in [0.2, 0.25) is 5.02 Å². The predicted octanol–water partition coefficient (Wildman–Crippen LogP) is 1.20. The topological polar surface area (TPSA) is 83.9 Å². The van der Waals surface area contributed by atoms with Gasteiger partial charge in [0.1, 0.15) is 18.6 Å². The lowest BCUT2D eigenvalue weighted by Gasteiger charge is -2.36. The summed E-state index contributed by atoms with van der Waals surface area (Å²) in [5, 5.41) is 9.23. The maximum Gasteiger partial charge on any atom is 0.320 e. The first-order valence-electron chi connectivity index (χ1n) is 10.1. The van der Waals surface area contributed by atoms with Gasteiger partial charge in [-0.2, -0.15) is 0 Å². The molecular formula is C20H30ClN4O3+. The summed E-state index contributed by atoms with van der Waals surface area (Å²) in [5.74, 6) is -0.0887. The van der Waals surface area contributed by atoms with Gasteiger partial charge in [-0.25, -0.2) is 4.79 Å². The first-order chi connectivity index (χ1) is 13.6. The van der Waals surface area contributed by atoms with Gasteiger partial charge in [0.05, 0.1) is 37.0 Å². The van der Waals surface area contributed by atoms with Crippen LogP contribution in [0.15, 0.2) is 24.3 Å². The van der Waals surface area contributed by atoms with Crippen molar-refractivity contribution in [1.29, 1.82) is 0 Å². The quantitative estimate of drug-likeness (QED) is 0.569. The Morgan fingerprint density at radius 3 is 2.54 bits per heavy atom. The number of hydrogen-bond donors (Lipinski definition) is 4. The number of urea groups is 1. The molecule has 3 rings (SSSR count). The van der Waals surface area contributed by atoms with E-state index in [4.69, 9.17) is 16.3 Å². The lowest BCUT2D eigenvalue weighted by Crippen LogP contribution is -3.14. The Kier molecular flexibility index (Phi) is 7.53. The zero-order valence-electron chi connectivity index (χ0n) is 16.2. The Hall–Kier alpha value is -1.83. The van der Waals surface area contributed by atoms with Gasteiger partial charge >= 0.3 is 6.03 Å². The number of nitrogens with one attached hydrogen (secondary N) is 4. The monoisotopic (exact) mass is 409 g/mol. The molecule has 8 heteroatoms. The van der Waals surface area contributed by atoms with E-state index in [2.05, 4.69) is 16.0 Å². The Morgan fingerprint density at radius 2 is 1.82 bits per heavy atom. The standard InChI is InChI=1S/C20H29ClN4O3/c21-16-6-2-3-7-17(16)23-19(27)24-20(8-4-1-5-9-20)18(26)22-10-11-25-12-14-28-15-13-25/h2-3,6-7H,1,4-5,8-15H2,(H,22,26)(H2,23,24,27)/p+1. The van der Waals surface area contributed by atoms with Gasteiger partial charge in [0.25, 0.3) is 0 Å². The minimum atomic E-state index is -0.857. The van der Waals surface area contributed by atoms with Crippen LogP contribution in [0.5, 0.6) is 0 Å². The van der Waals surface area contributed by atoms with Crippen LogP contribution in [0.4, 0.5) is 10.5 Å². The van der Waals surface area contributed by atoms with Crippen molar-refractivity contribution in [2.45, 2.75) is 37.6 Å². The lowest BCUT2D eigenvalue weighted by atomic mass is 9.81. The maximum absolute atomic E-state index is 13.0. The number of para-hydroxylation sites is 1. The smallest absolute Gasteiger partial charge is 0.320 e. The second-order valence-corrected chi connectivity index (χ2v) is 7.98. The number of quaternary nitrogens is 1. The van der Waals surface area contributed by atoms with Crippen molar-refractivity contribution < 1.29 is 19.2 Å². The van der Waals surface area contributed by atoms with E-state index in [-0.39, 0.29) is 5.91 Å². The molecule has 7 nitrogen and oxygen atoms in total. The predicted molar refractivity (Wildman–Crippen MR) is 109 cm³/mol. The highest BCUT2D eigenvalue weighted by molar-refractivity contribution is 6.33. The molecule has 1 heterocycles. The molecule has 1 aromatic carbocycles. The molecule has 2 fully saturated rings. The molecule has 1 saturated heterocycles. The molecule has 28 heavy (non-hydrogen) atoms. The summed E-state index contributed by atoms with van der Waals surface area (Å²) in [4.78, 5) is 27.0. The van der Waals surface area contributed by atoms with Crippen LogP contribution >= 0.6 is 11.6 Å². The summed E-state index contributed by atoms with van der Waals surface area (Å²) in [7, 11) is 0. The Bertz CT molecular complexity index is 673. The van der Waals surface area contributed by atoms with E-state index in [9.17, 15) is 9.59 Å². The fourth-order valence-corrected chi connectivity index (χ4v) is 4.11. The Morgan fingerprint density at radius 1 is 1.11 bits per heavy atom. The summed E-state index contributed by atoms with van der Waals surface area (Å²) < 4.78 is 5.37. The molecule has 154 valence electrons. The minimum Gasteiger partial charge on any atom is -0.370 e. The van der Waals surface area contributed by atoms with Gasteiger partial charge in [0.2, 0.25) is 5.91 Å². The van der Waals surface area contributed by atoms with Gasteiger partial charge in [0.15, 0.2) is 0 Å². The minimum absolute atomic E-state index is 0.0887. The maximum atomic E-state index is 13.0. The number of halogens is 1. The van der Waals surface area contributed by atoms with Crippen molar-refractivity contribution >= 4 is 29.2 Å². The molecule has 0 radical (unpaired) electrons. The van der Waals surface area contributed by atoms with Gasteiger partial charge in [-0.1, -0.05) is 43.0 Å². The fourth-order valence-electron chi connectivity index (χ4n) is 3.93. The van der Waals surface area contributed by atoms with Crippen molar-refractivity contribution in [2.24, 2.45) is 0 Å². The molecule has 0 spiro atoms. The van der Waals surface area contributed by atoms with E-state index in [1.807, 2.05) is 0 Å². The molecule has 0 bridgehead atoms. The first kappa shape index (κ1) is 20.9. The second-order valence-electron chi connectivity index (χ2n) is 7.57. The third-order valence-corrected chi connectivity index (χ3v) is 5.91. The number of rotatable bonds is 6. The van der Waals surface area contributed by atoms with Gasteiger partial charge in [-0.05, 0) is 25.0 Å². The molecule has 0 aromatic heterocycles. The summed E-state index contributed by atoms with van der Waals surface area (Å²) in [6.45, 7) is 4.97. The van der Waals surface area contributed by atoms with E-state index in [1.54, 1.807) is 24.3 Å². The molecule has 3 amide bonds. The Labute approximate surface area is 171 Å². The first-order valence-corrected chi connectivity index (χ1v) is 10.5. The molecule has 4 N–H and O–H groups in total. The number of morpholine rings is 1. The van der Waals surface area contributed by atoms with Gasteiger partial charge in [-0.15, -0.1) is 0 Å². The highest BCUT2D eigenvalue weighted by Crippen LogP contribution is 2.29. The van der Waals surface area contributed by atoms with E-state index < -0.39 is 11.6 Å². The van der Waals surface area contributed by atoms with Crippen molar-refractivity contribution in [2.75, 3.05) is 44.7 Å². The van der Waals surface area contributed by atoms with Crippen molar-refractivity contribution in [3.8, 4) is 0 Å². The van der Waals surface area contributed by atoms with Crippen molar-refractivity contribution in [3.63, 3.8) is 0 Å². The molecule has 1 aromatic rings. The Balaban J connectivity index is 1.56. The van der Waals surface area contributed by atoms with Crippen LogP contribution < -0.4 is 20.9 Å². The molecule has 2 aliphatic rings. The summed E-state index contributed by atoms with van der Waals surface area (Å²) in [6.07, 6.45) is 4.24. The summed E-state index contributed by atoms with van der Waals surface area (Å²) in [6, 6.07) is 6.66. The van der Waals surface area contributed by atoms with Crippen LogP contribution in [0.1, 0.15) is 32.1 Å². The number of hydrogen-bond acceptors (Lipinski definition) is 3. The zero-order chi connectivity index (χ0) is 19.8. The molecule has 1 aliphatic heterocycles. The summed E-state index contributed by atoms with van der Waals surface area (Å²) >= 11 is 6.12. The van der Waals surface area contributed by atoms with Gasteiger partial charge in [0, 0.05) is 0 Å². The third-order valence-electron chi connectivity index (χ3n) is 5.58. The number of benzene rings is 1. The van der Waals surface area contributed by atoms with Crippen LogP contribution in [-0.4, -0.2) is 56.9 Å². The van der Waals surface area contributed by atoms with Crippen LogP contribution in [0, 0.1) is 0 Å². The molecule has 0 unspecified atom stereocenters. The lowest BCUT2D eigenvalue weighted by molar-refractivity contribution is -0.906. The average Bonchev–Trinajstić information content (AvgIpc) is 2.71. The largest absolute Gasteiger partial charge is 0.370 e. The van der Waals surface area contributed by atoms with Crippen LogP contribution in [0.25, 0.3) is 0 Å². The highest BCUT2D eigenvalue weighted by atomic mass is 35.5. The number of ether oxygens (including phenoxy) is 1. The number of carbonyl (C=O) groups is 2. The average molecular weight is 410 g/mol. The van der Waals surface area contributed by atoms with Gasteiger partial charge in [-0.3, -0.25) is 4.79 Å². The molecule has 1 aliphatic carbocycles. The van der Waals surface area contributed by atoms with E-state index in [0.717, 1.165) is 52.1 Å². The molecule has 1 saturated carbocycles. The SMILES string of the molecule is O=C(Nc1ccccc1Cl)NC1(C(=O)NCC[NH+]2CCOCC2)CCCCC1. The normalized spacial score (nSPS) is 19.6. The molecular weight excluding hydrogens is 380 g/mol. The van der Waals surface area contributed by atoms with Crippen LogP contribution in [0.3, 0.4) is 0 Å². The van der Waals surface area contributed by atoms with Crippen LogP contribution in [-0.2, 0) is 9.53 Å². The number of anilines is 1. The highest BCUT2D eigenvalue weighted by Gasteiger charge is 2.40. The number of amides is 3. The van der Waals surface area contributed by atoms with Crippen molar-refractivity contribution in [3.05, 3.63) is 29.3 Å². The fraction of sp³-hybridized carbons (Fsp3) is 0.600. The number of carbonyl (C=O) groups excluding carboxylic acids is 2. The second kappa shape index (κ2) is 10.1. The van der Waals surface area contributed by atoms with Crippen molar-refractivity contribution in [1.82, 2.24) is 10.6 Å². The molecule has 0 atom stereocenters. The third kappa shape index (κ3) is 5.59. The van der Waals surface area contributed by atoms with E-state index in [0.29, 0.717) is 30.1 Å².